The first-order valence-corrected chi connectivity index (χ1v) is 11.0. The largest absolute Gasteiger partial charge is 0.469 e. The van der Waals surface area contributed by atoms with Gasteiger partial charge in [-0.25, -0.2) is 0 Å². The number of hydrogen-bond donors (Lipinski definition) is 1. The molecule has 0 radical (unpaired) electrons. The Morgan fingerprint density at radius 1 is 0.778 bits per heavy atom. The second kappa shape index (κ2) is 18.3. The summed E-state index contributed by atoms with van der Waals surface area (Å²) >= 11 is 0. The van der Waals surface area contributed by atoms with Crippen LogP contribution in [0.4, 0.5) is 0 Å². The molecule has 0 rings (SSSR count). The van der Waals surface area contributed by atoms with E-state index in [0.29, 0.717) is 19.3 Å². The molecule has 0 saturated heterocycles. The van der Waals surface area contributed by atoms with Crippen LogP contribution in [-0.4, -0.2) is 36.4 Å². The van der Waals surface area contributed by atoms with Crippen molar-refractivity contribution in [1.82, 2.24) is 0 Å². The highest BCUT2D eigenvalue weighted by molar-refractivity contribution is 5.69. The zero-order chi connectivity index (χ0) is 20.3. The average molecular weight is 387 g/mol. The quantitative estimate of drug-likeness (QED) is 0.255. The number of esters is 2. The Labute approximate surface area is 166 Å². The lowest BCUT2D eigenvalue weighted by Crippen LogP contribution is -2.31. The second-order valence-electron chi connectivity index (χ2n) is 7.39. The van der Waals surface area contributed by atoms with Crippen molar-refractivity contribution in [2.75, 3.05) is 7.11 Å². The maximum atomic E-state index is 11.7. The molecule has 1 N–H and O–H groups in total. The maximum Gasteiger partial charge on any atom is 0.305 e. The molecule has 0 aromatic heterocycles. The number of methoxy groups -OCH3 is 1. The highest BCUT2D eigenvalue weighted by atomic mass is 16.6. The zero-order valence-electron chi connectivity index (χ0n) is 17.8. The van der Waals surface area contributed by atoms with Crippen LogP contribution in [0.3, 0.4) is 0 Å². The van der Waals surface area contributed by atoms with Crippen molar-refractivity contribution in [2.24, 2.45) is 0 Å². The first-order valence-electron chi connectivity index (χ1n) is 11.0. The van der Waals surface area contributed by atoms with Gasteiger partial charge in [0, 0.05) is 12.8 Å². The van der Waals surface area contributed by atoms with E-state index in [-0.39, 0.29) is 18.0 Å². The van der Waals surface area contributed by atoms with Crippen molar-refractivity contribution in [3.8, 4) is 0 Å². The number of unbranched alkanes of at least 4 members (excludes halogenated alkanes) is 9. The Kier molecular flexibility index (Phi) is 17.5. The molecule has 0 aliphatic rings. The topological polar surface area (TPSA) is 72.8 Å². The van der Waals surface area contributed by atoms with Crippen molar-refractivity contribution in [2.45, 2.75) is 122 Å². The molecule has 0 aromatic rings. The van der Waals surface area contributed by atoms with Gasteiger partial charge in [0.25, 0.3) is 0 Å². The normalized spacial score (nSPS) is 13.2. The van der Waals surface area contributed by atoms with Crippen molar-refractivity contribution >= 4 is 11.9 Å². The van der Waals surface area contributed by atoms with Gasteiger partial charge in [0.15, 0.2) is 0 Å². The third kappa shape index (κ3) is 15.6. The molecule has 0 bridgehead atoms. The molecule has 0 aromatic carbocycles. The molecule has 160 valence electrons. The number of rotatable bonds is 18. The average Bonchev–Trinajstić information content (AvgIpc) is 2.68. The second-order valence-corrected chi connectivity index (χ2v) is 7.39. The minimum Gasteiger partial charge on any atom is -0.469 e. The summed E-state index contributed by atoms with van der Waals surface area (Å²) in [7, 11) is 1.41. The Balaban J connectivity index is 3.99. The number of aliphatic hydroxyl groups excluding tert-OH is 1. The van der Waals surface area contributed by atoms with Crippen LogP contribution in [0.2, 0.25) is 0 Å². The lowest BCUT2D eigenvalue weighted by Gasteiger charge is -2.23. The van der Waals surface area contributed by atoms with E-state index in [1.165, 1.54) is 32.8 Å². The standard InChI is InChI=1S/C22H42O5/c1-4-6-7-8-11-14-17-20(27-21(24)5-2)19(23)16-13-10-9-12-15-18-22(25)26-3/h19-20,23H,4-18H2,1-3H3. The summed E-state index contributed by atoms with van der Waals surface area (Å²) in [5.74, 6) is -0.381. The summed E-state index contributed by atoms with van der Waals surface area (Å²) < 4.78 is 10.1. The monoisotopic (exact) mass is 386 g/mol. The molecule has 0 spiro atoms. The van der Waals surface area contributed by atoms with Gasteiger partial charge in [-0.3, -0.25) is 9.59 Å². The van der Waals surface area contributed by atoms with E-state index in [9.17, 15) is 14.7 Å². The molecule has 5 heteroatoms. The summed E-state index contributed by atoms with van der Waals surface area (Å²) in [5, 5.41) is 10.5. The lowest BCUT2D eigenvalue weighted by molar-refractivity contribution is -0.155. The molecule has 0 aliphatic carbocycles. The molecule has 27 heavy (non-hydrogen) atoms. The molecule has 5 nitrogen and oxygen atoms in total. The van der Waals surface area contributed by atoms with Crippen molar-refractivity contribution in [3.05, 3.63) is 0 Å². The summed E-state index contributed by atoms with van der Waals surface area (Å²) in [6, 6.07) is 0. The van der Waals surface area contributed by atoms with E-state index in [0.717, 1.165) is 51.4 Å². The van der Waals surface area contributed by atoms with E-state index < -0.39 is 6.10 Å². The van der Waals surface area contributed by atoms with Crippen molar-refractivity contribution in [1.29, 1.82) is 0 Å². The van der Waals surface area contributed by atoms with Gasteiger partial charge in [-0.05, 0) is 25.7 Å². The molecule has 0 saturated carbocycles. The SMILES string of the molecule is CCCCCCCCC(OC(=O)CC)C(O)CCCCCCCC(=O)OC. The fourth-order valence-corrected chi connectivity index (χ4v) is 3.15. The molecule has 0 aliphatic heterocycles. The van der Waals surface area contributed by atoms with Crippen LogP contribution in [-0.2, 0) is 19.1 Å². The van der Waals surface area contributed by atoms with Crippen LogP contribution in [0.25, 0.3) is 0 Å². The Morgan fingerprint density at radius 2 is 1.33 bits per heavy atom. The van der Waals surface area contributed by atoms with Gasteiger partial charge in [-0.1, -0.05) is 71.6 Å². The van der Waals surface area contributed by atoms with Crippen molar-refractivity contribution < 1.29 is 24.2 Å². The summed E-state index contributed by atoms with van der Waals surface area (Å²) in [5.41, 5.74) is 0. The highest BCUT2D eigenvalue weighted by Gasteiger charge is 2.22. The molecule has 0 heterocycles. The third-order valence-corrected chi connectivity index (χ3v) is 4.95. The predicted octanol–water partition coefficient (Wildman–Crippen LogP) is 5.32. The first kappa shape index (κ1) is 25.9. The van der Waals surface area contributed by atoms with Gasteiger partial charge < -0.3 is 14.6 Å². The Hall–Kier alpha value is -1.10. The third-order valence-electron chi connectivity index (χ3n) is 4.95. The van der Waals surface area contributed by atoms with Gasteiger partial charge in [0.2, 0.25) is 0 Å². The first-order chi connectivity index (χ1) is 13.0. The van der Waals surface area contributed by atoms with Gasteiger partial charge in [0.1, 0.15) is 6.10 Å². The fraction of sp³-hybridized carbons (Fsp3) is 0.909. The zero-order valence-corrected chi connectivity index (χ0v) is 17.8. The lowest BCUT2D eigenvalue weighted by atomic mass is 9.99. The van der Waals surface area contributed by atoms with Crippen LogP contribution < -0.4 is 0 Å². The number of ether oxygens (including phenoxy) is 2. The van der Waals surface area contributed by atoms with Gasteiger partial charge in [-0.2, -0.15) is 0 Å². The predicted molar refractivity (Wildman–Crippen MR) is 109 cm³/mol. The van der Waals surface area contributed by atoms with E-state index in [2.05, 4.69) is 11.7 Å². The number of aliphatic hydroxyl groups is 1. The number of carbonyl (C=O) groups excluding carboxylic acids is 2. The van der Waals surface area contributed by atoms with Crippen LogP contribution in [0.15, 0.2) is 0 Å². The van der Waals surface area contributed by atoms with Gasteiger partial charge in [0.05, 0.1) is 13.2 Å². The summed E-state index contributed by atoms with van der Waals surface area (Å²) in [6.07, 6.45) is 13.2. The minimum atomic E-state index is -0.578. The molecule has 2 atom stereocenters. The fourth-order valence-electron chi connectivity index (χ4n) is 3.15. The number of hydrogen-bond acceptors (Lipinski definition) is 5. The molecular formula is C22H42O5. The van der Waals surface area contributed by atoms with E-state index in [1.807, 2.05) is 0 Å². The van der Waals surface area contributed by atoms with Gasteiger partial charge >= 0.3 is 11.9 Å². The van der Waals surface area contributed by atoms with Crippen molar-refractivity contribution in [3.63, 3.8) is 0 Å². The number of carbonyl (C=O) groups is 2. The van der Waals surface area contributed by atoms with E-state index in [1.54, 1.807) is 6.92 Å². The molecule has 2 unspecified atom stereocenters. The Bertz CT molecular complexity index is 370. The van der Waals surface area contributed by atoms with Crippen LogP contribution in [0.5, 0.6) is 0 Å². The van der Waals surface area contributed by atoms with E-state index in [4.69, 9.17) is 4.74 Å². The summed E-state index contributed by atoms with van der Waals surface area (Å²) in [6.45, 7) is 3.99. The highest BCUT2D eigenvalue weighted by Crippen LogP contribution is 2.18. The van der Waals surface area contributed by atoms with Gasteiger partial charge in [-0.15, -0.1) is 0 Å². The van der Waals surface area contributed by atoms with E-state index >= 15 is 0 Å². The van der Waals surface area contributed by atoms with Crippen LogP contribution >= 0.6 is 0 Å². The summed E-state index contributed by atoms with van der Waals surface area (Å²) in [4.78, 5) is 22.7. The minimum absolute atomic E-state index is 0.152. The van der Waals surface area contributed by atoms with Crippen LogP contribution in [0.1, 0.15) is 110 Å². The maximum absolute atomic E-state index is 11.7. The molecule has 0 amide bonds. The smallest absolute Gasteiger partial charge is 0.305 e. The Morgan fingerprint density at radius 3 is 1.93 bits per heavy atom. The molecule has 0 fully saturated rings. The van der Waals surface area contributed by atoms with Crippen LogP contribution in [0, 0.1) is 0 Å². The molecular weight excluding hydrogens is 344 g/mol.